The highest BCUT2D eigenvalue weighted by Crippen LogP contribution is 2.12. The Labute approximate surface area is 86.1 Å². The summed E-state index contributed by atoms with van der Waals surface area (Å²) in [6, 6.07) is 8.45. The van der Waals surface area contributed by atoms with Gasteiger partial charge in [-0.25, -0.2) is 0 Å². The summed E-state index contributed by atoms with van der Waals surface area (Å²) in [7, 11) is 0. The van der Waals surface area contributed by atoms with Crippen LogP contribution in [0.2, 0.25) is 0 Å². The Bertz CT molecular complexity index is 313. The number of aliphatic hydroxyl groups excluding tert-OH is 1. The molecule has 0 unspecified atom stereocenters. The van der Waals surface area contributed by atoms with E-state index in [0.717, 1.165) is 12.8 Å². The van der Waals surface area contributed by atoms with Crippen molar-refractivity contribution >= 4 is 0 Å². The summed E-state index contributed by atoms with van der Waals surface area (Å²) in [4.78, 5) is 0. The zero-order valence-electron chi connectivity index (χ0n) is 8.96. The van der Waals surface area contributed by atoms with Crippen molar-refractivity contribution < 1.29 is 5.11 Å². The molecule has 1 rings (SSSR count). The molecule has 0 aliphatic carbocycles. The van der Waals surface area contributed by atoms with Crippen LogP contribution in [-0.4, -0.2) is 11.7 Å². The molecule has 1 aromatic rings. The first-order chi connectivity index (χ1) is 6.74. The van der Waals surface area contributed by atoms with Crippen molar-refractivity contribution in [2.45, 2.75) is 26.7 Å². The van der Waals surface area contributed by atoms with E-state index in [9.17, 15) is 0 Å². The van der Waals surface area contributed by atoms with Gasteiger partial charge in [-0.15, -0.1) is 0 Å². The molecule has 0 atom stereocenters. The molecule has 0 spiro atoms. The molecule has 0 amide bonds. The van der Waals surface area contributed by atoms with Crippen LogP contribution in [-0.2, 0) is 6.42 Å². The lowest BCUT2D eigenvalue weighted by Crippen LogP contribution is -1.90. The maximum Gasteiger partial charge on any atom is 0.0614 e. The largest absolute Gasteiger partial charge is 0.392 e. The molecule has 0 heterocycles. The summed E-state index contributed by atoms with van der Waals surface area (Å²) < 4.78 is 0. The van der Waals surface area contributed by atoms with Gasteiger partial charge in [-0.2, -0.15) is 0 Å². The van der Waals surface area contributed by atoms with Crippen LogP contribution in [0.4, 0.5) is 0 Å². The van der Waals surface area contributed by atoms with E-state index in [1.807, 2.05) is 6.08 Å². The van der Waals surface area contributed by atoms with Crippen LogP contribution in [0.15, 0.2) is 35.9 Å². The Morgan fingerprint density at radius 1 is 1.36 bits per heavy atom. The average molecular weight is 190 g/mol. The van der Waals surface area contributed by atoms with Crippen molar-refractivity contribution in [3.63, 3.8) is 0 Å². The van der Waals surface area contributed by atoms with Gasteiger partial charge in [-0.3, -0.25) is 0 Å². The second kappa shape index (κ2) is 5.61. The highest BCUT2D eigenvalue weighted by Gasteiger charge is 1.97. The Hall–Kier alpha value is -1.08. The molecule has 1 heteroatoms. The first kappa shape index (κ1) is 11.0. The molecule has 0 aliphatic rings. The van der Waals surface area contributed by atoms with Gasteiger partial charge >= 0.3 is 0 Å². The maximum absolute atomic E-state index is 8.71. The second-order valence-corrected chi connectivity index (χ2v) is 3.66. The Morgan fingerprint density at radius 2 is 2.07 bits per heavy atom. The Kier molecular flexibility index (Phi) is 4.41. The molecule has 0 fully saturated rings. The van der Waals surface area contributed by atoms with Crippen LogP contribution in [0.3, 0.4) is 0 Å². The number of allylic oxidation sites excluding steroid dienone is 1. The van der Waals surface area contributed by atoms with Crippen LogP contribution >= 0.6 is 0 Å². The third-order valence-electron chi connectivity index (χ3n) is 2.49. The summed E-state index contributed by atoms with van der Waals surface area (Å²) in [6.07, 6.45) is 3.97. The first-order valence-corrected chi connectivity index (χ1v) is 5.05. The van der Waals surface area contributed by atoms with E-state index in [1.165, 1.54) is 16.7 Å². The lowest BCUT2D eigenvalue weighted by molar-refractivity contribution is 0.341. The highest BCUT2D eigenvalue weighted by atomic mass is 16.2. The smallest absolute Gasteiger partial charge is 0.0614 e. The number of aryl methyl sites for hydroxylation is 2. The van der Waals surface area contributed by atoms with Gasteiger partial charge in [-0.05, 0) is 37.8 Å². The van der Waals surface area contributed by atoms with Gasteiger partial charge in [0.2, 0.25) is 0 Å². The lowest BCUT2D eigenvalue weighted by atomic mass is 10.0. The molecule has 1 nitrogen and oxygen atoms in total. The van der Waals surface area contributed by atoms with E-state index in [-0.39, 0.29) is 6.61 Å². The molecule has 76 valence electrons. The fourth-order valence-electron chi connectivity index (χ4n) is 1.48. The van der Waals surface area contributed by atoms with E-state index in [0.29, 0.717) is 0 Å². The molecule has 0 saturated carbocycles. The number of benzene rings is 1. The maximum atomic E-state index is 8.71. The normalized spacial score (nSPS) is 11.8. The van der Waals surface area contributed by atoms with Crippen molar-refractivity contribution in [3.05, 3.63) is 47.0 Å². The molecular weight excluding hydrogens is 172 g/mol. The summed E-state index contributed by atoms with van der Waals surface area (Å²) in [5.74, 6) is 0. The molecule has 0 bridgehead atoms. The topological polar surface area (TPSA) is 20.2 Å². The molecule has 0 aromatic heterocycles. The van der Waals surface area contributed by atoms with Crippen molar-refractivity contribution in [2.24, 2.45) is 0 Å². The van der Waals surface area contributed by atoms with Crippen LogP contribution in [0.1, 0.15) is 24.5 Å². The zero-order chi connectivity index (χ0) is 10.4. The number of hydrogen-bond donors (Lipinski definition) is 1. The minimum absolute atomic E-state index is 0.152. The number of rotatable bonds is 4. The molecular formula is C13H18O. The third kappa shape index (κ3) is 3.35. The quantitative estimate of drug-likeness (QED) is 0.724. The van der Waals surface area contributed by atoms with E-state index in [1.54, 1.807) is 0 Å². The second-order valence-electron chi connectivity index (χ2n) is 3.66. The molecule has 0 aliphatic heterocycles. The first-order valence-electron chi connectivity index (χ1n) is 5.05. The van der Waals surface area contributed by atoms with E-state index >= 15 is 0 Å². The van der Waals surface area contributed by atoms with Gasteiger partial charge in [0.1, 0.15) is 0 Å². The molecule has 1 aromatic carbocycles. The van der Waals surface area contributed by atoms with Gasteiger partial charge in [0.15, 0.2) is 0 Å². The van der Waals surface area contributed by atoms with Crippen LogP contribution in [0.25, 0.3) is 0 Å². The summed E-state index contributed by atoms with van der Waals surface area (Å²) >= 11 is 0. The average Bonchev–Trinajstić information content (AvgIpc) is 2.17. The standard InChI is InChI=1S/C13H18O/c1-11(9-10-14)7-8-13-6-4-3-5-12(13)2/h3-6,9,14H,7-8,10H2,1-2H3. The number of aliphatic hydroxyl groups is 1. The Morgan fingerprint density at radius 3 is 2.71 bits per heavy atom. The van der Waals surface area contributed by atoms with E-state index < -0.39 is 0 Å². The molecule has 14 heavy (non-hydrogen) atoms. The highest BCUT2D eigenvalue weighted by molar-refractivity contribution is 5.26. The van der Waals surface area contributed by atoms with Crippen LogP contribution in [0.5, 0.6) is 0 Å². The molecule has 0 radical (unpaired) electrons. The Balaban J connectivity index is 2.54. The monoisotopic (exact) mass is 190 g/mol. The van der Waals surface area contributed by atoms with Gasteiger partial charge < -0.3 is 5.11 Å². The van der Waals surface area contributed by atoms with Crippen molar-refractivity contribution in [3.8, 4) is 0 Å². The van der Waals surface area contributed by atoms with Crippen molar-refractivity contribution in [1.82, 2.24) is 0 Å². The fraction of sp³-hybridized carbons (Fsp3) is 0.385. The summed E-state index contributed by atoms with van der Waals surface area (Å²) in [6.45, 7) is 4.36. The fourth-order valence-corrected chi connectivity index (χ4v) is 1.48. The lowest BCUT2D eigenvalue weighted by Gasteiger charge is -2.05. The zero-order valence-corrected chi connectivity index (χ0v) is 8.96. The van der Waals surface area contributed by atoms with Crippen LogP contribution in [0, 0.1) is 6.92 Å². The minimum atomic E-state index is 0.152. The SMILES string of the molecule is CC(=CCO)CCc1ccccc1C. The van der Waals surface area contributed by atoms with Crippen molar-refractivity contribution in [1.29, 1.82) is 0 Å². The van der Waals surface area contributed by atoms with E-state index in [4.69, 9.17) is 5.11 Å². The molecule has 0 saturated heterocycles. The van der Waals surface area contributed by atoms with Gasteiger partial charge in [0.25, 0.3) is 0 Å². The predicted molar refractivity (Wildman–Crippen MR) is 60.3 cm³/mol. The van der Waals surface area contributed by atoms with Crippen molar-refractivity contribution in [2.75, 3.05) is 6.61 Å². The van der Waals surface area contributed by atoms with E-state index in [2.05, 4.69) is 38.1 Å². The number of hydrogen-bond acceptors (Lipinski definition) is 1. The molecule has 1 N–H and O–H groups in total. The van der Waals surface area contributed by atoms with Gasteiger partial charge in [-0.1, -0.05) is 35.9 Å². The predicted octanol–water partition coefficient (Wildman–Crippen LogP) is 2.87. The minimum Gasteiger partial charge on any atom is -0.392 e. The van der Waals surface area contributed by atoms with Crippen LogP contribution < -0.4 is 0 Å². The van der Waals surface area contributed by atoms with Gasteiger partial charge in [0.05, 0.1) is 6.61 Å². The summed E-state index contributed by atoms with van der Waals surface area (Å²) in [5, 5.41) is 8.71. The summed E-state index contributed by atoms with van der Waals surface area (Å²) in [5.41, 5.74) is 4.01. The third-order valence-corrected chi connectivity index (χ3v) is 2.49. The van der Waals surface area contributed by atoms with Gasteiger partial charge in [0, 0.05) is 0 Å².